The normalized spacial score (nSPS) is 11.0. The van der Waals surface area contributed by atoms with Gasteiger partial charge in [-0.2, -0.15) is 5.26 Å². The number of ether oxygens (including phenoxy) is 1. The van der Waals surface area contributed by atoms with Crippen molar-refractivity contribution in [2.75, 3.05) is 7.11 Å². The van der Waals surface area contributed by atoms with Crippen molar-refractivity contribution in [3.05, 3.63) is 85.4 Å². The number of halogens is 8. The van der Waals surface area contributed by atoms with E-state index >= 15 is 0 Å². The van der Waals surface area contributed by atoms with E-state index < -0.39 is 10.6 Å². The molecule has 7 nitrogen and oxygen atoms in total. The number of hydrogen-bond donors (Lipinski definition) is 0. The zero-order chi connectivity index (χ0) is 27.3. The Labute approximate surface area is 256 Å². The van der Waals surface area contributed by atoms with Crippen molar-refractivity contribution in [1.29, 1.82) is 5.26 Å². The maximum Gasteiger partial charge on any atom is 0.317 e. The van der Waals surface area contributed by atoms with E-state index in [-0.39, 0.29) is 52.9 Å². The number of benzene rings is 2. The molecule has 0 aliphatic rings. The summed E-state index contributed by atoms with van der Waals surface area (Å²) in [5, 5.41) is 21.6. The van der Waals surface area contributed by atoms with E-state index in [1.807, 2.05) is 6.07 Å². The number of rotatable bonds is 5. The van der Waals surface area contributed by atoms with Gasteiger partial charge in [0.25, 0.3) is 0 Å². The first-order chi connectivity index (χ1) is 17.4. The summed E-state index contributed by atoms with van der Waals surface area (Å²) >= 11 is 45.2. The molecule has 190 valence electrons. The van der Waals surface area contributed by atoms with E-state index in [1.165, 1.54) is 34.7 Å². The van der Waals surface area contributed by atoms with Gasteiger partial charge in [-0.1, -0.05) is 75.7 Å². The highest BCUT2D eigenvalue weighted by molar-refractivity contribution is 9.11. The third kappa shape index (κ3) is 4.72. The molecule has 0 unspecified atom stereocenters. The monoisotopic (exact) mass is 744 g/mol. The van der Waals surface area contributed by atoms with Crippen molar-refractivity contribution in [3.8, 4) is 34.3 Å². The summed E-state index contributed by atoms with van der Waals surface area (Å²) in [6.07, 6.45) is 0. The summed E-state index contributed by atoms with van der Waals surface area (Å²) in [7, 11) is 1.49. The van der Waals surface area contributed by atoms with Gasteiger partial charge in [-0.3, -0.25) is 10.1 Å². The summed E-state index contributed by atoms with van der Waals surface area (Å²) < 4.78 is 8.90. The molecule has 0 N–H and O–H groups in total. The second-order valence-corrected chi connectivity index (χ2v) is 11.2. The lowest BCUT2D eigenvalue weighted by molar-refractivity contribution is -0.384. The molecule has 0 fully saturated rings. The van der Waals surface area contributed by atoms with Gasteiger partial charge in [0.1, 0.15) is 22.5 Å². The Morgan fingerprint density at radius 3 is 1.97 bits per heavy atom. The Bertz CT molecular complexity index is 1640. The summed E-state index contributed by atoms with van der Waals surface area (Å²) in [6, 6.07) is 9.75. The third-order valence-electron chi connectivity index (χ3n) is 5.21. The minimum atomic E-state index is -0.687. The topological polar surface area (TPSA) is 86.0 Å². The lowest BCUT2D eigenvalue weighted by Crippen LogP contribution is -2.13. The third-order valence-corrected chi connectivity index (χ3v) is 8.74. The van der Waals surface area contributed by atoms with Crippen LogP contribution in [0.15, 0.2) is 39.3 Å². The molecule has 2 aromatic carbocycles. The zero-order valence-electron chi connectivity index (χ0n) is 17.9. The molecule has 0 spiro atoms. The van der Waals surface area contributed by atoms with Gasteiger partial charge >= 0.3 is 5.69 Å². The Morgan fingerprint density at radius 1 is 0.892 bits per heavy atom. The Hall–Kier alpha value is -1.61. The fourth-order valence-corrected chi connectivity index (χ4v) is 6.47. The lowest BCUT2D eigenvalue weighted by Gasteiger charge is -2.18. The molecular weight excluding hydrogens is 741 g/mol. The van der Waals surface area contributed by atoms with Gasteiger partial charge in [0.2, 0.25) is 0 Å². The van der Waals surface area contributed by atoms with Gasteiger partial charge in [-0.15, -0.1) is 0 Å². The molecule has 0 atom stereocenters. The smallest absolute Gasteiger partial charge is 0.317 e. The van der Waals surface area contributed by atoms with Crippen molar-refractivity contribution in [1.82, 2.24) is 9.35 Å². The van der Waals surface area contributed by atoms with Crippen LogP contribution in [0.2, 0.25) is 30.4 Å². The van der Waals surface area contributed by atoms with Crippen LogP contribution in [0.4, 0.5) is 5.69 Å². The molecular formula is C22H8Br2Cl6N4O3. The highest BCUT2D eigenvalue weighted by Crippen LogP contribution is 2.48. The van der Waals surface area contributed by atoms with Gasteiger partial charge in [0, 0.05) is 11.1 Å². The zero-order valence-corrected chi connectivity index (χ0v) is 25.6. The average Bonchev–Trinajstić information content (AvgIpc) is 3.24. The van der Waals surface area contributed by atoms with Crippen LogP contribution < -0.4 is 4.74 Å². The van der Waals surface area contributed by atoms with Crippen molar-refractivity contribution in [3.63, 3.8) is 0 Å². The van der Waals surface area contributed by atoms with E-state index in [0.29, 0.717) is 20.3 Å². The fraction of sp³-hybridized carbons (Fsp3) is 0.0455. The van der Waals surface area contributed by atoms with E-state index in [1.54, 1.807) is 12.1 Å². The van der Waals surface area contributed by atoms with Gasteiger partial charge in [0.15, 0.2) is 15.9 Å². The molecule has 2 heterocycles. The van der Waals surface area contributed by atoms with Crippen LogP contribution in [0, 0.1) is 21.4 Å². The number of methoxy groups -OCH3 is 1. The summed E-state index contributed by atoms with van der Waals surface area (Å²) in [5.41, 5.74) is 0.244. The molecule has 0 bridgehead atoms. The first-order valence-corrected chi connectivity index (χ1v) is 13.5. The van der Waals surface area contributed by atoms with Crippen LogP contribution in [0.5, 0.6) is 5.75 Å². The standard InChI is InChI=1S/C22H8Br2Cl6N4O3/c1-37-20-11(23)4-9(5-12(20)24)17-10(7-31)15(27)21(29)32(17)33-18(8-2-3-13(25)14(26)6-8)19(34(35)36)16(28)22(33)30/h2-6H,1H3. The van der Waals surface area contributed by atoms with Crippen LogP contribution in [-0.2, 0) is 0 Å². The second kappa shape index (κ2) is 10.9. The second-order valence-electron chi connectivity index (χ2n) is 7.22. The number of aromatic nitrogens is 2. The molecule has 15 heteroatoms. The fourth-order valence-electron chi connectivity index (χ4n) is 3.70. The molecule has 37 heavy (non-hydrogen) atoms. The number of hydrogen-bond acceptors (Lipinski definition) is 4. The van der Waals surface area contributed by atoms with E-state index in [4.69, 9.17) is 74.3 Å². The van der Waals surface area contributed by atoms with Crippen LogP contribution in [0.25, 0.3) is 22.5 Å². The molecule has 2 aromatic heterocycles. The molecule has 0 aliphatic carbocycles. The predicted octanol–water partition coefficient (Wildman–Crippen LogP) is 10.2. The molecule has 4 rings (SSSR count). The van der Waals surface area contributed by atoms with Crippen LogP contribution in [-0.4, -0.2) is 21.4 Å². The minimum absolute atomic E-state index is 0.0146. The van der Waals surface area contributed by atoms with Gasteiger partial charge in [-0.25, -0.2) is 9.35 Å². The Balaban J connectivity index is 2.21. The minimum Gasteiger partial charge on any atom is -0.494 e. The molecule has 0 saturated heterocycles. The van der Waals surface area contributed by atoms with Crippen LogP contribution in [0.3, 0.4) is 0 Å². The van der Waals surface area contributed by atoms with Gasteiger partial charge < -0.3 is 4.74 Å². The number of nitriles is 1. The predicted molar refractivity (Wildman–Crippen MR) is 154 cm³/mol. The van der Waals surface area contributed by atoms with Crippen molar-refractivity contribution < 1.29 is 9.66 Å². The molecule has 0 saturated carbocycles. The summed E-state index contributed by atoms with van der Waals surface area (Å²) in [6.45, 7) is 0. The highest BCUT2D eigenvalue weighted by atomic mass is 79.9. The van der Waals surface area contributed by atoms with Crippen LogP contribution in [0.1, 0.15) is 5.56 Å². The van der Waals surface area contributed by atoms with Crippen molar-refractivity contribution in [2.24, 2.45) is 0 Å². The van der Waals surface area contributed by atoms with Crippen molar-refractivity contribution >= 4 is 107 Å². The lowest BCUT2D eigenvalue weighted by atomic mass is 10.1. The molecule has 0 amide bonds. The highest BCUT2D eigenvalue weighted by Gasteiger charge is 2.35. The maximum atomic E-state index is 12.1. The number of nitro groups is 1. The quantitative estimate of drug-likeness (QED) is 0.150. The van der Waals surface area contributed by atoms with E-state index in [0.717, 1.165) is 0 Å². The number of nitrogens with zero attached hydrogens (tertiary/aromatic N) is 4. The molecule has 0 radical (unpaired) electrons. The first-order valence-electron chi connectivity index (χ1n) is 9.67. The maximum absolute atomic E-state index is 12.1. The SMILES string of the molecule is COc1c(Br)cc(-c2c(C#N)c(Cl)c(Cl)n2-n2c(Cl)c(Cl)c([N+](=O)[O-])c2-c2ccc(Cl)c(Cl)c2)cc1Br. The van der Waals surface area contributed by atoms with Gasteiger partial charge in [0.05, 0.1) is 41.7 Å². The first kappa shape index (κ1) is 28.4. The van der Waals surface area contributed by atoms with Gasteiger partial charge in [-0.05, 0) is 56.1 Å². The van der Waals surface area contributed by atoms with Crippen molar-refractivity contribution in [2.45, 2.75) is 0 Å². The van der Waals surface area contributed by atoms with Crippen LogP contribution >= 0.6 is 101 Å². The Morgan fingerprint density at radius 2 is 1.46 bits per heavy atom. The molecule has 4 aromatic rings. The van der Waals surface area contributed by atoms with E-state index in [2.05, 4.69) is 31.9 Å². The molecule has 0 aliphatic heterocycles. The average molecular weight is 749 g/mol. The summed E-state index contributed by atoms with van der Waals surface area (Å²) in [5.74, 6) is 0.492. The van der Waals surface area contributed by atoms with E-state index in [9.17, 15) is 15.4 Å². The summed E-state index contributed by atoms with van der Waals surface area (Å²) in [4.78, 5) is 11.4. The largest absolute Gasteiger partial charge is 0.494 e. The Kier molecular flexibility index (Phi) is 8.34.